The van der Waals surface area contributed by atoms with Crippen molar-refractivity contribution >= 4 is 11.7 Å². The van der Waals surface area contributed by atoms with Gasteiger partial charge in [0.2, 0.25) is 0 Å². The Bertz CT molecular complexity index is 1310. The summed E-state index contributed by atoms with van der Waals surface area (Å²) in [5, 5.41) is 15.6. The molecule has 9 nitrogen and oxygen atoms in total. The average molecular weight is 492 g/mol. The third-order valence-electron chi connectivity index (χ3n) is 7.56. The van der Waals surface area contributed by atoms with Crippen LogP contribution in [0.5, 0.6) is 5.75 Å². The summed E-state index contributed by atoms with van der Waals surface area (Å²) < 4.78 is 13.4. The number of aliphatic hydroxyl groups excluding tert-OH is 1. The van der Waals surface area contributed by atoms with E-state index in [-0.39, 0.29) is 23.7 Å². The summed E-state index contributed by atoms with van der Waals surface area (Å²) >= 11 is 0. The molecular formula is C27H33N5O4. The maximum absolute atomic E-state index is 13.3. The SMILES string of the molecule is CCc1cc(CCC2(C3CCCC3)CC(O)=C(Cc3nc4ncc(C)cn4n3)C(=O)O2)c(OC)cn1. The Morgan fingerprint density at radius 1 is 1.25 bits per heavy atom. The van der Waals surface area contributed by atoms with Crippen LogP contribution in [0, 0.1) is 12.8 Å². The van der Waals surface area contributed by atoms with Crippen molar-refractivity contribution in [3.05, 3.63) is 58.6 Å². The number of cyclic esters (lactones) is 1. The van der Waals surface area contributed by atoms with Crippen molar-refractivity contribution in [2.45, 2.75) is 77.2 Å². The highest BCUT2D eigenvalue weighted by molar-refractivity contribution is 5.90. The summed E-state index contributed by atoms with van der Waals surface area (Å²) in [5.41, 5.74) is 2.48. The van der Waals surface area contributed by atoms with Gasteiger partial charge in [-0.05, 0) is 62.1 Å². The van der Waals surface area contributed by atoms with E-state index in [0.717, 1.165) is 54.7 Å². The van der Waals surface area contributed by atoms with E-state index in [1.165, 1.54) is 0 Å². The molecule has 1 saturated carbocycles. The smallest absolute Gasteiger partial charge is 0.338 e. The highest BCUT2D eigenvalue weighted by Gasteiger charge is 2.48. The fourth-order valence-corrected chi connectivity index (χ4v) is 5.59. The van der Waals surface area contributed by atoms with Crippen LogP contribution in [0.15, 0.2) is 36.0 Å². The summed E-state index contributed by atoms with van der Waals surface area (Å²) in [5.74, 6) is 1.43. The molecule has 1 aliphatic carbocycles. The van der Waals surface area contributed by atoms with Crippen LogP contribution in [0.2, 0.25) is 0 Å². The second kappa shape index (κ2) is 9.87. The first-order valence-electron chi connectivity index (χ1n) is 12.7. The maximum atomic E-state index is 13.3. The minimum atomic E-state index is -0.743. The molecule has 1 N–H and O–H groups in total. The third-order valence-corrected chi connectivity index (χ3v) is 7.56. The molecule has 9 heteroatoms. The van der Waals surface area contributed by atoms with E-state index < -0.39 is 11.6 Å². The minimum absolute atomic E-state index is 0.0806. The topological polar surface area (TPSA) is 112 Å². The quantitative estimate of drug-likeness (QED) is 0.465. The average Bonchev–Trinajstić information content (AvgIpc) is 3.55. The summed E-state index contributed by atoms with van der Waals surface area (Å²) in [4.78, 5) is 26.4. The van der Waals surface area contributed by atoms with E-state index >= 15 is 0 Å². The second-order valence-electron chi connectivity index (χ2n) is 9.96. The van der Waals surface area contributed by atoms with Gasteiger partial charge in [0, 0.05) is 30.9 Å². The van der Waals surface area contributed by atoms with Crippen LogP contribution in [-0.2, 0) is 28.8 Å². The van der Waals surface area contributed by atoms with Crippen molar-refractivity contribution in [2.24, 2.45) is 5.92 Å². The van der Waals surface area contributed by atoms with E-state index in [9.17, 15) is 9.90 Å². The number of aromatic nitrogens is 5. The van der Waals surface area contributed by atoms with Crippen molar-refractivity contribution in [2.75, 3.05) is 7.11 Å². The standard InChI is InChI=1S/C27H33N5O4/c1-4-20-11-18(23(35-3)15-28-20)9-10-27(19-7-5-6-8-19)13-22(33)21(25(34)36-27)12-24-30-26-29-14-17(2)16-32(26)31-24/h11,14-16,19,33H,4-10,12-13H2,1-3H3. The molecule has 2 aliphatic rings. The number of hydrogen-bond donors (Lipinski definition) is 1. The molecule has 0 amide bonds. The molecule has 1 unspecified atom stereocenters. The Labute approximate surface area is 210 Å². The van der Waals surface area contributed by atoms with Crippen molar-refractivity contribution in [1.82, 2.24) is 24.6 Å². The maximum Gasteiger partial charge on any atom is 0.338 e. The lowest BCUT2D eigenvalue weighted by atomic mass is 9.76. The third kappa shape index (κ3) is 4.66. The lowest BCUT2D eigenvalue weighted by Crippen LogP contribution is -2.46. The van der Waals surface area contributed by atoms with Crippen molar-refractivity contribution in [3.63, 3.8) is 0 Å². The Morgan fingerprint density at radius 2 is 2.06 bits per heavy atom. The van der Waals surface area contributed by atoms with Gasteiger partial charge in [-0.2, -0.15) is 4.98 Å². The first-order chi connectivity index (χ1) is 17.4. The number of ether oxygens (including phenoxy) is 2. The van der Waals surface area contributed by atoms with E-state index in [1.54, 1.807) is 24.0 Å². The fraction of sp³-hybridized carbons (Fsp3) is 0.519. The highest BCUT2D eigenvalue weighted by Crippen LogP contribution is 2.46. The lowest BCUT2D eigenvalue weighted by molar-refractivity contribution is -0.167. The van der Waals surface area contributed by atoms with Gasteiger partial charge in [-0.3, -0.25) is 4.98 Å². The van der Waals surface area contributed by atoms with Crippen molar-refractivity contribution in [1.29, 1.82) is 0 Å². The van der Waals surface area contributed by atoms with Gasteiger partial charge >= 0.3 is 5.97 Å². The first kappa shape index (κ1) is 24.2. The number of methoxy groups -OCH3 is 1. The molecular weight excluding hydrogens is 458 g/mol. The molecule has 3 aromatic rings. The first-order valence-corrected chi connectivity index (χ1v) is 12.7. The zero-order valence-corrected chi connectivity index (χ0v) is 21.2. The molecule has 0 bridgehead atoms. The van der Waals surface area contributed by atoms with Gasteiger partial charge in [0.05, 0.1) is 18.9 Å². The lowest BCUT2D eigenvalue weighted by Gasteiger charge is -2.42. The van der Waals surface area contributed by atoms with Gasteiger partial charge in [0.25, 0.3) is 5.78 Å². The molecule has 1 fully saturated rings. The van der Waals surface area contributed by atoms with Crippen LogP contribution in [0.25, 0.3) is 5.78 Å². The number of esters is 1. The minimum Gasteiger partial charge on any atom is -0.512 e. The van der Waals surface area contributed by atoms with Gasteiger partial charge in [0.15, 0.2) is 5.82 Å². The van der Waals surface area contributed by atoms with Crippen LogP contribution in [0.1, 0.15) is 68.1 Å². The molecule has 0 saturated heterocycles. The largest absolute Gasteiger partial charge is 0.512 e. The van der Waals surface area contributed by atoms with E-state index in [4.69, 9.17) is 9.47 Å². The molecule has 5 rings (SSSR count). The van der Waals surface area contributed by atoms with Crippen molar-refractivity contribution in [3.8, 4) is 5.75 Å². The van der Waals surface area contributed by atoms with Crippen LogP contribution in [-0.4, -0.2) is 48.4 Å². The highest BCUT2D eigenvalue weighted by atomic mass is 16.6. The Hall–Kier alpha value is -3.49. The number of carbonyl (C=O) groups excluding carboxylic acids is 1. The van der Waals surface area contributed by atoms with Crippen LogP contribution in [0.3, 0.4) is 0 Å². The number of pyridine rings is 1. The summed E-state index contributed by atoms with van der Waals surface area (Å²) in [7, 11) is 1.64. The summed E-state index contributed by atoms with van der Waals surface area (Å²) in [6, 6.07) is 2.07. The van der Waals surface area contributed by atoms with Crippen LogP contribution >= 0.6 is 0 Å². The molecule has 1 aliphatic heterocycles. The van der Waals surface area contributed by atoms with Gasteiger partial charge < -0.3 is 14.6 Å². The number of fused-ring (bicyclic) bond motifs is 1. The number of aliphatic hydroxyl groups is 1. The normalized spacial score (nSPS) is 20.8. The summed E-state index contributed by atoms with van der Waals surface area (Å²) in [6.07, 6.45) is 12.0. The molecule has 190 valence electrons. The van der Waals surface area contributed by atoms with E-state index in [1.807, 2.05) is 13.1 Å². The fourth-order valence-electron chi connectivity index (χ4n) is 5.59. The number of nitrogens with zero attached hydrogens (tertiary/aromatic N) is 5. The van der Waals surface area contributed by atoms with Gasteiger partial charge in [-0.15, -0.1) is 5.10 Å². The molecule has 0 aromatic carbocycles. The Balaban J connectivity index is 1.41. The van der Waals surface area contributed by atoms with Gasteiger partial charge in [-0.25, -0.2) is 14.3 Å². The number of hydrogen-bond acceptors (Lipinski definition) is 8. The van der Waals surface area contributed by atoms with Crippen LogP contribution in [0.4, 0.5) is 0 Å². The van der Waals surface area contributed by atoms with Gasteiger partial charge in [0.1, 0.15) is 17.1 Å². The van der Waals surface area contributed by atoms with Crippen LogP contribution < -0.4 is 4.74 Å². The molecule has 3 aromatic heterocycles. The monoisotopic (exact) mass is 491 g/mol. The number of carbonyl (C=O) groups is 1. The molecule has 1 atom stereocenters. The molecule has 36 heavy (non-hydrogen) atoms. The Kier molecular flexibility index (Phi) is 6.64. The number of rotatable bonds is 8. The van der Waals surface area contributed by atoms with Gasteiger partial charge in [-0.1, -0.05) is 19.8 Å². The van der Waals surface area contributed by atoms with E-state index in [2.05, 4.69) is 33.0 Å². The molecule has 0 radical (unpaired) electrons. The molecule has 4 heterocycles. The predicted octanol–water partition coefficient (Wildman–Crippen LogP) is 4.26. The van der Waals surface area contributed by atoms with E-state index in [0.29, 0.717) is 30.9 Å². The van der Waals surface area contributed by atoms with Crippen molar-refractivity contribution < 1.29 is 19.4 Å². The zero-order valence-electron chi connectivity index (χ0n) is 21.2. The summed E-state index contributed by atoms with van der Waals surface area (Å²) in [6.45, 7) is 3.99. The predicted molar refractivity (Wildman–Crippen MR) is 133 cm³/mol. The second-order valence-corrected chi connectivity index (χ2v) is 9.96. The Morgan fingerprint density at radius 3 is 2.78 bits per heavy atom. The molecule has 0 spiro atoms. The zero-order chi connectivity index (χ0) is 25.3. The number of aryl methyl sites for hydroxylation is 3.